The molecule has 2 aliphatic heterocycles. The molecule has 0 saturated heterocycles. The topological polar surface area (TPSA) is 45.6 Å². The molecule has 3 N–H and O–H groups in total. The van der Waals surface area contributed by atoms with E-state index in [4.69, 9.17) is 11.6 Å². The number of amides is 1. The molecule has 28 heavy (non-hydrogen) atoms. The molecule has 1 aromatic heterocycles. The first kappa shape index (κ1) is 17.7. The third kappa shape index (κ3) is 3.30. The van der Waals surface area contributed by atoms with Gasteiger partial charge in [-0.3, -0.25) is 4.79 Å². The lowest BCUT2D eigenvalue weighted by Crippen LogP contribution is -3.10. The first-order valence-electron chi connectivity index (χ1n) is 9.52. The first-order chi connectivity index (χ1) is 13.7. The highest BCUT2D eigenvalue weighted by atomic mass is 35.5. The fourth-order valence-electron chi connectivity index (χ4n) is 4.11. The Bertz CT molecular complexity index is 1020. The predicted molar refractivity (Wildman–Crippen MR) is 113 cm³/mol. The van der Waals surface area contributed by atoms with Crippen molar-refractivity contribution in [1.82, 2.24) is 5.32 Å². The number of halogens is 1. The maximum absolute atomic E-state index is 12.9. The van der Waals surface area contributed by atoms with Gasteiger partial charge in [-0.05, 0) is 23.3 Å². The van der Waals surface area contributed by atoms with Crippen LogP contribution in [0.25, 0.3) is 0 Å². The van der Waals surface area contributed by atoms with Crippen LogP contribution in [0.5, 0.6) is 0 Å². The Hall–Kier alpha value is -2.34. The van der Waals surface area contributed by atoms with Crippen LogP contribution in [0.2, 0.25) is 5.02 Å². The second kappa shape index (κ2) is 7.24. The lowest BCUT2D eigenvalue weighted by Gasteiger charge is -2.27. The molecule has 2 aromatic carbocycles. The summed E-state index contributed by atoms with van der Waals surface area (Å²) in [6.45, 7) is 3.05. The average Bonchev–Trinajstić information content (AvgIpc) is 3.07. The zero-order valence-electron chi connectivity index (χ0n) is 15.3. The number of carbonyl (C=O) groups is 1. The third-order valence-corrected chi connectivity index (χ3v) is 6.92. The molecule has 0 radical (unpaired) electrons. The Morgan fingerprint density at radius 1 is 1.07 bits per heavy atom. The molecule has 2 aliphatic rings. The van der Waals surface area contributed by atoms with E-state index < -0.39 is 0 Å². The number of nitrogens with one attached hydrogen (secondary N) is 3. The summed E-state index contributed by atoms with van der Waals surface area (Å²) in [5.41, 5.74) is 4.45. The van der Waals surface area contributed by atoms with E-state index in [9.17, 15) is 4.79 Å². The molecule has 2 atom stereocenters. The van der Waals surface area contributed by atoms with Crippen LogP contribution in [-0.2, 0) is 19.5 Å². The standard InChI is InChI=1S/C22H20ClN3OS/c23-16-8-6-15(7-9-16)20-24-21(27)19-17-10-11-26(12-14-4-2-1-3-5-14)13-18(17)28-22(19)25-20/h1-9,20,25H,10-13H2,(H,24,27)/p+1/t20-/m1/s1. The number of hydrogen-bond acceptors (Lipinski definition) is 3. The zero-order chi connectivity index (χ0) is 19.1. The van der Waals surface area contributed by atoms with E-state index in [-0.39, 0.29) is 12.1 Å². The Kier molecular flexibility index (Phi) is 4.59. The van der Waals surface area contributed by atoms with Crippen LogP contribution < -0.4 is 15.5 Å². The lowest BCUT2D eigenvalue weighted by atomic mass is 10.00. The highest BCUT2D eigenvalue weighted by Gasteiger charge is 2.34. The largest absolute Gasteiger partial charge is 0.353 e. The Morgan fingerprint density at radius 2 is 1.86 bits per heavy atom. The second-order valence-electron chi connectivity index (χ2n) is 7.40. The van der Waals surface area contributed by atoms with Crippen molar-refractivity contribution in [2.45, 2.75) is 25.7 Å². The minimum Gasteiger partial charge on any atom is -0.353 e. The van der Waals surface area contributed by atoms with Gasteiger partial charge in [-0.25, -0.2) is 0 Å². The highest BCUT2D eigenvalue weighted by Crippen LogP contribution is 2.39. The maximum atomic E-state index is 12.9. The van der Waals surface area contributed by atoms with Gasteiger partial charge >= 0.3 is 0 Å². The van der Waals surface area contributed by atoms with Gasteiger partial charge in [-0.15, -0.1) is 11.3 Å². The molecule has 3 aromatic rings. The van der Waals surface area contributed by atoms with Gasteiger partial charge < -0.3 is 15.5 Å². The molecule has 1 amide bonds. The summed E-state index contributed by atoms with van der Waals surface area (Å²) in [5, 5.41) is 8.31. The summed E-state index contributed by atoms with van der Waals surface area (Å²) in [7, 11) is 0. The molecular weight excluding hydrogens is 390 g/mol. The first-order valence-corrected chi connectivity index (χ1v) is 10.7. The number of hydrogen-bond donors (Lipinski definition) is 3. The van der Waals surface area contributed by atoms with Gasteiger partial charge in [0.1, 0.15) is 24.3 Å². The predicted octanol–water partition coefficient (Wildman–Crippen LogP) is 3.40. The van der Waals surface area contributed by atoms with Crippen LogP contribution in [0.3, 0.4) is 0 Å². The molecule has 0 aliphatic carbocycles. The van der Waals surface area contributed by atoms with E-state index in [1.54, 1.807) is 16.2 Å². The summed E-state index contributed by atoms with van der Waals surface area (Å²) in [6, 6.07) is 18.2. The minimum atomic E-state index is -0.217. The Labute approximate surface area is 173 Å². The molecular formula is C22H21ClN3OS+. The summed E-state index contributed by atoms with van der Waals surface area (Å²) >= 11 is 7.73. The second-order valence-corrected chi connectivity index (χ2v) is 8.94. The molecule has 0 fully saturated rings. The van der Waals surface area contributed by atoms with Crippen molar-refractivity contribution in [3.63, 3.8) is 0 Å². The number of anilines is 1. The monoisotopic (exact) mass is 410 g/mol. The van der Waals surface area contributed by atoms with E-state index in [1.165, 1.54) is 16.0 Å². The molecule has 0 saturated carbocycles. The quantitative estimate of drug-likeness (QED) is 0.619. The van der Waals surface area contributed by atoms with Crippen molar-refractivity contribution in [3.8, 4) is 0 Å². The van der Waals surface area contributed by atoms with Gasteiger partial charge in [0.25, 0.3) is 5.91 Å². The van der Waals surface area contributed by atoms with E-state index in [1.807, 2.05) is 24.3 Å². The van der Waals surface area contributed by atoms with Crippen molar-refractivity contribution in [2.75, 3.05) is 11.9 Å². The molecule has 6 heteroatoms. The number of rotatable bonds is 3. The average molecular weight is 411 g/mol. The molecule has 3 heterocycles. The van der Waals surface area contributed by atoms with Gasteiger partial charge in [0, 0.05) is 17.0 Å². The van der Waals surface area contributed by atoms with Gasteiger partial charge in [-0.1, -0.05) is 54.1 Å². The van der Waals surface area contributed by atoms with E-state index in [0.717, 1.165) is 42.2 Å². The molecule has 5 rings (SSSR count). The van der Waals surface area contributed by atoms with E-state index in [0.29, 0.717) is 5.02 Å². The van der Waals surface area contributed by atoms with E-state index >= 15 is 0 Å². The van der Waals surface area contributed by atoms with Crippen molar-refractivity contribution in [1.29, 1.82) is 0 Å². The maximum Gasteiger partial charge on any atom is 0.256 e. The SMILES string of the molecule is O=C1N[C@@H](c2ccc(Cl)cc2)Nc2sc3c(c21)CC[NH+](Cc1ccccc1)C3. The van der Waals surface area contributed by atoms with Crippen molar-refractivity contribution in [3.05, 3.63) is 86.8 Å². The van der Waals surface area contributed by atoms with Crippen LogP contribution in [-0.4, -0.2) is 12.5 Å². The molecule has 0 bridgehead atoms. The summed E-state index contributed by atoms with van der Waals surface area (Å²) in [4.78, 5) is 15.7. The van der Waals surface area contributed by atoms with Crippen molar-refractivity contribution < 1.29 is 9.69 Å². The van der Waals surface area contributed by atoms with Crippen LogP contribution in [0, 0.1) is 0 Å². The van der Waals surface area contributed by atoms with Crippen LogP contribution in [0.15, 0.2) is 54.6 Å². The fourth-order valence-corrected chi connectivity index (χ4v) is 5.58. The van der Waals surface area contributed by atoms with Gasteiger partial charge in [0.05, 0.1) is 17.0 Å². The number of fused-ring (bicyclic) bond motifs is 3. The summed E-state index contributed by atoms with van der Waals surface area (Å²) < 4.78 is 0. The van der Waals surface area contributed by atoms with Crippen molar-refractivity contribution >= 4 is 33.8 Å². The normalized spacial score (nSPS) is 20.7. The molecule has 1 unspecified atom stereocenters. The fraction of sp³-hybridized carbons (Fsp3) is 0.227. The third-order valence-electron chi connectivity index (χ3n) is 5.51. The van der Waals surface area contributed by atoms with Gasteiger partial charge in [0.2, 0.25) is 0 Å². The van der Waals surface area contributed by atoms with Crippen LogP contribution in [0.4, 0.5) is 5.00 Å². The Balaban J connectivity index is 1.38. The van der Waals surface area contributed by atoms with Gasteiger partial charge in [-0.2, -0.15) is 0 Å². The lowest BCUT2D eigenvalue weighted by molar-refractivity contribution is -0.929. The zero-order valence-corrected chi connectivity index (χ0v) is 16.9. The summed E-state index contributed by atoms with van der Waals surface area (Å²) in [6.07, 6.45) is 0.731. The number of benzene rings is 2. The molecule has 4 nitrogen and oxygen atoms in total. The van der Waals surface area contributed by atoms with E-state index in [2.05, 4.69) is 41.0 Å². The van der Waals surface area contributed by atoms with Crippen LogP contribution in [0.1, 0.15) is 38.1 Å². The molecule has 0 spiro atoms. The molecule has 142 valence electrons. The van der Waals surface area contributed by atoms with Crippen LogP contribution >= 0.6 is 22.9 Å². The number of thiophene rings is 1. The smallest absolute Gasteiger partial charge is 0.256 e. The highest BCUT2D eigenvalue weighted by molar-refractivity contribution is 7.16. The summed E-state index contributed by atoms with van der Waals surface area (Å²) in [5.74, 6) is 0.0257. The number of quaternary nitrogens is 1. The Morgan fingerprint density at radius 3 is 2.64 bits per heavy atom. The number of carbonyl (C=O) groups excluding carboxylic acids is 1. The minimum absolute atomic E-state index is 0.0257. The van der Waals surface area contributed by atoms with Crippen molar-refractivity contribution in [2.24, 2.45) is 0 Å². The van der Waals surface area contributed by atoms with Gasteiger partial charge in [0.15, 0.2) is 0 Å².